The highest BCUT2D eigenvalue weighted by atomic mass is 16.5. The van der Waals surface area contributed by atoms with Crippen molar-refractivity contribution in [3.05, 3.63) is 78.1 Å². The third kappa shape index (κ3) is 5.72. The normalized spacial score (nSPS) is 10.3. The maximum Gasteiger partial charge on any atom is 0.257 e. The Morgan fingerprint density at radius 3 is 2.59 bits per heavy atom. The molecule has 0 atom stereocenters. The molecule has 29 heavy (non-hydrogen) atoms. The average Bonchev–Trinajstić information content (AvgIpc) is 2.76. The second kappa shape index (κ2) is 10.1. The summed E-state index contributed by atoms with van der Waals surface area (Å²) >= 11 is 0. The van der Waals surface area contributed by atoms with Crippen LogP contribution in [0.3, 0.4) is 0 Å². The number of rotatable bonds is 9. The fourth-order valence-electron chi connectivity index (χ4n) is 2.92. The lowest BCUT2D eigenvalue weighted by Gasteiger charge is -2.11. The van der Waals surface area contributed by atoms with Gasteiger partial charge in [0.1, 0.15) is 11.5 Å². The van der Waals surface area contributed by atoms with Gasteiger partial charge in [-0.3, -0.25) is 9.78 Å². The molecule has 0 saturated heterocycles. The molecule has 0 bridgehead atoms. The molecule has 0 aliphatic heterocycles. The molecule has 0 saturated carbocycles. The summed E-state index contributed by atoms with van der Waals surface area (Å²) < 4.78 is 10.8. The molecule has 0 aliphatic rings. The van der Waals surface area contributed by atoms with E-state index in [4.69, 9.17) is 9.47 Å². The van der Waals surface area contributed by atoms with E-state index in [1.807, 2.05) is 55.5 Å². The number of pyridine rings is 1. The van der Waals surface area contributed by atoms with Crippen LogP contribution in [0.25, 0.3) is 0 Å². The highest BCUT2D eigenvalue weighted by molar-refractivity contribution is 6.04. The molecule has 0 fully saturated rings. The number of methoxy groups -OCH3 is 1. The fraction of sp³-hybridized carbons (Fsp3) is 0.217. The Balaban J connectivity index is 1.57. The standard InChI is InChI=1S/C23H25N3O3/c1-3-29-21-10-8-19(9-11-21)26-23(27)18-14-20(16-24-15-18)25-13-12-17-6-4-5-7-22(17)28-2/h4-11,14-16,25H,3,12-13H2,1-2H3,(H,26,27). The van der Waals surface area contributed by atoms with Crippen LogP contribution in [-0.2, 0) is 6.42 Å². The van der Waals surface area contributed by atoms with Gasteiger partial charge in [-0.15, -0.1) is 0 Å². The van der Waals surface area contributed by atoms with Crippen molar-refractivity contribution in [2.24, 2.45) is 0 Å². The average molecular weight is 391 g/mol. The maximum absolute atomic E-state index is 12.5. The largest absolute Gasteiger partial charge is 0.496 e. The van der Waals surface area contributed by atoms with Crippen LogP contribution < -0.4 is 20.1 Å². The molecule has 0 radical (unpaired) electrons. The van der Waals surface area contributed by atoms with E-state index in [1.54, 1.807) is 25.6 Å². The summed E-state index contributed by atoms with van der Waals surface area (Å²) in [5.41, 5.74) is 3.10. The SMILES string of the molecule is CCOc1ccc(NC(=O)c2cncc(NCCc3ccccc3OC)c2)cc1. The van der Waals surface area contributed by atoms with Gasteiger partial charge in [0.05, 0.1) is 25.0 Å². The predicted molar refractivity (Wildman–Crippen MR) is 115 cm³/mol. The molecule has 1 aromatic heterocycles. The molecular weight excluding hydrogens is 366 g/mol. The molecule has 0 spiro atoms. The zero-order chi connectivity index (χ0) is 20.5. The number of amides is 1. The summed E-state index contributed by atoms with van der Waals surface area (Å²) in [7, 11) is 1.67. The molecule has 3 aromatic rings. The molecule has 3 rings (SSSR count). The number of nitrogens with zero attached hydrogens (tertiary/aromatic N) is 1. The molecular formula is C23H25N3O3. The first-order valence-electron chi connectivity index (χ1n) is 9.54. The summed E-state index contributed by atoms with van der Waals surface area (Å²) in [6.07, 6.45) is 4.05. The van der Waals surface area contributed by atoms with E-state index in [9.17, 15) is 4.79 Å². The van der Waals surface area contributed by atoms with Gasteiger partial charge in [-0.1, -0.05) is 18.2 Å². The molecule has 1 heterocycles. The minimum atomic E-state index is -0.213. The first-order valence-corrected chi connectivity index (χ1v) is 9.54. The first-order chi connectivity index (χ1) is 14.2. The van der Waals surface area contributed by atoms with Crippen LogP contribution >= 0.6 is 0 Å². The Kier molecular flexibility index (Phi) is 7.05. The Labute approximate surface area is 170 Å². The van der Waals surface area contributed by atoms with Crippen LogP contribution in [0.1, 0.15) is 22.8 Å². The fourth-order valence-corrected chi connectivity index (χ4v) is 2.92. The minimum Gasteiger partial charge on any atom is -0.496 e. The molecule has 1 amide bonds. The molecule has 6 heteroatoms. The Morgan fingerprint density at radius 1 is 1.03 bits per heavy atom. The minimum absolute atomic E-state index is 0.213. The van der Waals surface area contributed by atoms with Crippen molar-refractivity contribution in [1.82, 2.24) is 4.98 Å². The van der Waals surface area contributed by atoms with E-state index in [1.165, 1.54) is 0 Å². The van der Waals surface area contributed by atoms with Crippen molar-refractivity contribution in [2.75, 3.05) is 30.9 Å². The summed E-state index contributed by atoms with van der Waals surface area (Å²) in [6.45, 7) is 3.24. The summed E-state index contributed by atoms with van der Waals surface area (Å²) in [5, 5.41) is 6.18. The Hall–Kier alpha value is -3.54. The van der Waals surface area contributed by atoms with Gasteiger partial charge < -0.3 is 20.1 Å². The third-order valence-electron chi connectivity index (χ3n) is 4.34. The zero-order valence-corrected chi connectivity index (χ0v) is 16.6. The monoisotopic (exact) mass is 391 g/mol. The van der Waals surface area contributed by atoms with Gasteiger partial charge in [-0.05, 0) is 55.3 Å². The van der Waals surface area contributed by atoms with E-state index in [-0.39, 0.29) is 5.91 Å². The van der Waals surface area contributed by atoms with Crippen LogP contribution in [0.2, 0.25) is 0 Å². The van der Waals surface area contributed by atoms with Crippen molar-refractivity contribution >= 4 is 17.3 Å². The zero-order valence-electron chi connectivity index (χ0n) is 16.6. The van der Waals surface area contributed by atoms with Crippen molar-refractivity contribution < 1.29 is 14.3 Å². The molecule has 2 aromatic carbocycles. The number of nitrogens with one attached hydrogen (secondary N) is 2. The van der Waals surface area contributed by atoms with Crippen molar-refractivity contribution in [3.63, 3.8) is 0 Å². The molecule has 0 unspecified atom stereocenters. The van der Waals surface area contributed by atoms with E-state index >= 15 is 0 Å². The molecule has 2 N–H and O–H groups in total. The number of benzene rings is 2. The molecule has 0 aliphatic carbocycles. The summed E-state index contributed by atoms with van der Waals surface area (Å²) in [6, 6.07) is 17.0. The number of aromatic nitrogens is 1. The highest BCUT2D eigenvalue weighted by Gasteiger charge is 2.08. The number of anilines is 2. The lowest BCUT2D eigenvalue weighted by atomic mass is 10.1. The quantitative estimate of drug-likeness (QED) is 0.566. The van der Waals surface area contributed by atoms with Gasteiger partial charge in [-0.25, -0.2) is 0 Å². The van der Waals surface area contributed by atoms with E-state index in [0.29, 0.717) is 24.4 Å². The first kappa shape index (κ1) is 20.2. The number of carbonyl (C=O) groups excluding carboxylic acids is 1. The number of hydrogen-bond donors (Lipinski definition) is 2. The predicted octanol–water partition coefficient (Wildman–Crippen LogP) is 4.40. The number of para-hydroxylation sites is 1. The van der Waals surface area contributed by atoms with Gasteiger partial charge in [0.2, 0.25) is 0 Å². The van der Waals surface area contributed by atoms with Crippen LogP contribution in [-0.4, -0.2) is 31.2 Å². The molecule has 150 valence electrons. The van der Waals surface area contributed by atoms with Crippen LogP contribution in [0.15, 0.2) is 67.0 Å². The lowest BCUT2D eigenvalue weighted by Crippen LogP contribution is -2.13. The van der Waals surface area contributed by atoms with Gasteiger partial charge in [0, 0.05) is 24.6 Å². The van der Waals surface area contributed by atoms with Crippen molar-refractivity contribution in [2.45, 2.75) is 13.3 Å². The van der Waals surface area contributed by atoms with Crippen LogP contribution in [0.4, 0.5) is 11.4 Å². The maximum atomic E-state index is 12.5. The summed E-state index contributed by atoms with van der Waals surface area (Å²) in [4.78, 5) is 16.7. The lowest BCUT2D eigenvalue weighted by molar-refractivity contribution is 0.102. The van der Waals surface area contributed by atoms with E-state index in [0.717, 1.165) is 29.2 Å². The van der Waals surface area contributed by atoms with Crippen molar-refractivity contribution in [3.8, 4) is 11.5 Å². The number of hydrogen-bond acceptors (Lipinski definition) is 5. The van der Waals surface area contributed by atoms with Gasteiger partial charge >= 0.3 is 0 Å². The second-order valence-electron chi connectivity index (χ2n) is 6.36. The van der Waals surface area contributed by atoms with Gasteiger partial charge in [-0.2, -0.15) is 0 Å². The Bertz CT molecular complexity index is 942. The third-order valence-corrected chi connectivity index (χ3v) is 4.34. The summed E-state index contributed by atoms with van der Waals surface area (Å²) in [5.74, 6) is 1.43. The Morgan fingerprint density at radius 2 is 1.83 bits per heavy atom. The van der Waals surface area contributed by atoms with E-state index in [2.05, 4.69) is 15.6 Å². The van der Waals surface area contributed by atoms with Crippen molar-refractivity contribution in [1.29, 1.82) is 0 Å². The van der Waals surface area contributed by atoms with Gasteiger partial charge in [0.25, 0.3) is 5.91 Å². The smallest absolute Gasteiger partial charge is 0.257 e. The van der Waals surface area contributed by atoms with Crippen LogP contribution in [0.5, 0.6) is 11.5 Å². The number of ether oxygens (including phenoxy) is 2. The highest BCUT2D eigenvalue weighted by Crippen LogP contribution is 2.19. The number of carbonyl (C=O) groups is 1. The van der Waals surface area contributed by atoms with Gasteiger partial charge in [0.15, 0.2) is 0 Å². The van der Waals surface area contributed by atoms with E-state index < -0.39 is 0 Å². The van der Waals surface area contributed by atoms with Crippen LogP contribution in [0, 0.1) is 0 Å². The second-order valence-corrected chi connectivity index (χ2v) is 6.36. The molecule has 6 nitrogen and oxygen atoms in total. The topological polar surface area (TPSA) is 72.5 Å².